The topological polar surface area (TPSA) is 6.48 Å². The van der Waals surface area contributed by atoms with Gasteiger partial charge >= 0.3 is 0 Å². The third kappa shape index (κ3) is 6.68. The van der Waals surface area contributed by atoms with Crippen LogP contribution < -0.4 is 9.80 Å². The normalized spacial score (nSPS) is 33.5. The fourth-order valence-corrected chi connectivity index (χ4v) is 13.2. The van der Waals surface area contributed by atoms with E-state index in [0.717, 1.165) is 25.7 Å². The van der Waals surface area contributed by atoms with Crippen LogP contribution in [0.3, 0.4) is 0 Å². The maximum absolute atomic E-state index is 2.85. The van der Waals surface area contributed by atoms with Crippen LogP contribution in [0.1, 0.15) is 87.2 Å². The lowest BCUT2D eigenvalue weighted by Crippen LogP contribution is -2.42. The highest BCUT2D eigenvalue weighted by atomic mass is 15.2. The van der Waals surface area contributed by atoms with Crippen molar-refractivity contribution in [2.24, 2.45) is 35.5 Å². The molecule has 2 nitrogen and oxygen atoms in total. The van der Waals surface area contributed by atoms with Gasteiger partial charge in [0.1, 0.15) is 0 Å². The number of nitrogens with zero attached hydrogens (tertiary/aromatic N) is 2. The van der Waals surface area contributed by atoms with Crippen molar-refractivity contribution in [3.63, 3.8) is 0 Å². The lowest BCUT2D eigenvalue weighted by molar-refractivity contribution is 0.449. The Morgan fingerprint density at radius 3 is 2.37 bits per heavy atom. The van der Waals surface area contributed by atoms with E-state index < -0.39 is 0 Å². The van der Waals surface area contributed by atoms with Crippen LogP contribution in [0.25, 0.3) is 0 Å². The van der Waals surface area contributed by atoms with Crippen molar-refractivity contribution in [2.75, 3.05) is 9.80 Å². The van der Waals surface area contributed by atoms with Gasteiger partial charge in [-0.3, -0.25) is 0 Å². The number of hydrogen-bond acceptors (Lipinski definition) is 2. The molecule has 9 aliphatic carbocycles. The van der Waals surface area contributed by atoms with Crippen LogP contribution in [-0.2, 0) is 0 Å². The van der Waals surface area contributed by atoms with E-state index in [0.29, 0.717) is 59.4 Å². The number of allylic oxidation sites excluding steroid dienone is 23. The summed E-state index contributed by atoms with van der Waals surface area (Å²) < 4.78 is 0. The van der Waals surface area contributed by atoms with Gasteiger partial charge in [-0.2, -0.15) is 0 Å². The number of hydrogen-bond donors (Lipinski definition) is 0. The first-order chi connectivity index (χ1) is 30.8. The summed E-state index contributed by atoms with van der Waals surface area (Å²) in [5.41, 5.74) is 14.7. The van der Waals surface area contributed by atoms with Gasteiger partial charge in [-0.1, -0.05) is 158 Å². The molecule has 2 aromatic carbocycles. The van der Waals surface area contributed by atoms with Crippen molar-refractivity contribution in [1.82, 2.24) is 0 Å². The minimum absolute atomic E-state index is 0.321. The number of benzene rings is 2. The Morgan fingerprint density at radius 2 is 1.50 bits per heavy atom. The Bertz CT molecular complexity index is 2550. The molecule has 0 amide bonds. The third-order valence-corrected chi connectivity index (χ3v) is 16.2. The van der Waals surface area contributed by atoms with Crippen LogP contribution in [0.2, 0.25) is 0 Å². The number of fused-ring (bicyclic) bond motifs is 8. The summed E-state index contributed by atoms with van der Waals surface area (Å²) in [5.74, 6) is 4.07. The quantitative estimate of drug-likeness (QED) is 0.257. The minimum Gasteiger partial charge on any atom is -0.357 e. The van der Waals surface area contributed by atoms with Gasteiger partial charge in [0.25, 0.3) is 0 Å². The molecule has 2 aromatic rings. The van der Waals surface area contributed by atoms with Gasteiger partial charge < -0.3 is 9.80 Å². The standard InChI is InChI=1S/C60H60N2/c1-2-14-41(15-3-1)42-26-33-47(34-27-42)61(49-37-30-45(31-38-49)57-40-46-17-5-6-18-50(46)53-21-8-9-22-54(53)57)48-35-28-44(29-36-48)51-19-10-12-24-58(51)62-59-25-13-11-23-55(59)56-39-32-43-16-4-7-20-52(43)60(56)62/h1-3,5,8-14,17,19-28,32-37,39-41,43-45,50,53,55-56,59-60H,4,6-7,15-16,18,29-31,38H2. The molecule has 0 saturated carbocycles. The predicted molar refractivity (Wildman–Crippen MR) is 260 cm³/mol. The second kappa shape index (κ2) is 16.3. The van der Waals surface area contributed by atoms with Crippen LogP contribution >= 0.6 is 0 Å². The zero-order valence-corrected chi connectivity index (χ0v) is 36.1. The van der Waals surface area contributed by atoms with Crippen molar-refractivity contribution in [1.29, 1.82) is 0 Å². The molecular formula is C60H60N2. The first-order valence-corrected chi connectivity index (χ1v) is 24.2. The van der Waals surface area contributed by atoms with Crippen LogP contribution in [0.5, 0.6) is 0 Å². The smallest absolute Gasteiger partial charge is 0.0583 e. The van der Waals surface area contributed by atoms with Crippen LogP contribution in [0.15, 0.2) is 216 Å². The van der Waals surface area contributed by atoms with Gasteiger partial charge in [0.2, 0.25) is 0 Å². The first kappa shape index (κ1) is 38.1. The van der Waals surface area contributed by atoms with Gasteiger partial charge in [-0.05, 0) is 140 Å². The molecule has 10 aliphatic rings. The SMILES string of the molecule is C1=CCC(c2ccc(N(C3=CCC(c4ccccc4N4C5C=CC=CC5C5C=CC6CCCC=C6C54)C=C3)C3=CCC(C4=C5C=CC=CC5C5CCC=CC5=C4)CC3)cc2)C=C1. The molecule has 10 unspecified atom stereocenters. The second-order valence-electron chi connectivity index (χ2n) is 19.4. The highest BCUT2D eigenvalue weighted by molar-refractivity contribution is 5.66. The number of para-hydroxylation sites is 1. The summed E-state index contributed by atoms with van der Waals surface area (Å²) in [5, 5.41) is 0. The van der Waals surface area contributed by atoms with Crippen LogP contribution in [-0.4, -0.2) is 12.1 Å². The van der Waals surface area contributed by atoms with Crippen LogP contribution in [0, 0.1) is 35.5 Å². The molecule has 310 valence electrons. The fraction of sp³-hybridized carbons (Fsp3) is 0.333. The van der Waals surface area contributed by atoms with E-state index in [9.17, 15) is 0 Å². The molecule has 12 rings (SSSR count). The average Bonchev–Trinajstić information content (AvgIpc) is 3.70. The average molecular weight is 809 g/mol. The molecule has 0 spiro atoms. The second-order valence-corrected chi connectivity index (χ2v) is 19.4. The predicted octanol–water partition coefficient (Wildman–Crippen LogP) is 14.6. The zero-order chi connectivity index (χ0) is 41.0. The van der Waals surface area contributed by atoms with Crippen molar-refractivity contribution in [3.05, 3.63) is 227 Å². The fourth-order valence-electron chi connectivity index (χ4n) is 13.2. The van der Waals surface area contributed by atoms with Crippen LogP contribution in [0.4, 0.5) is 11.4 Å². The summed E-state index contributed by atoms with van der Waals surface area (Å²) in [6, 6.07) is 19.7. The van der Waals surface area contributed by atoms with Crippen molar-refractivity contribution >= 4 is 11.4 Å². The lowest BCUT2D eigenvalue weighted by atomic mass is 9.67. The maximum atomic E-state index is 2.85. The Morgan fingerprint density at radius 1 is 0.597 bits per heavy atom. The molecule has 0 radical (unpaired) electrons. The van der Waals surface area contributed by atoms with Gasteiger partial charge in [-0.15, -0.1) is 0 Å². The highest BCUT2D eigenvalue weighted by Gasteiger charge is 2.51. The van der Waals surface area contributed by atoms with Gasteiger partial charge in [-0.25, -0.2) is 0 Å². The molecule has 0 bridgehead atoms. The van der Waals surface area contributed by atoms with Gasteiger partial charge in [0, 0.05) is 52.4 Å². The van der Waals surface area contributed by atoms with Crippen molar-refractivity contribution in [3.8, 4) is 0 Å². The minimum atomic E-state index is 0.321. The highest BCUT2D eigenvalue weighted by Crippen LogP contribution is 2.53. The van der Waals surface area contributed by atoms with E-state index in [1.165, 1.54) is 72.4 Å². The number of anilines is 2. The van der Waals surface area contributed by atoms with E-state index in [1.54, 1.807) is 22.3 Å². The molecular weight excluding hydrogens is 749 g/mol. The molecule has 10 atom stereocenters. The molecule has 1 fully saturated rings. The number of rotatable bonds is 7. The summed E-state index contributed by atoms with van der Waals surface area (Å²) in [7, 11) is 0. The molecule has 1 aliphatic heterocycles. The largest absolute Gasteiger partial charge is 0.357 e. The Balaban J connectivity index is 0.859. The molecule has 1 heterocycles. The summed E-state index contributed by atoms with van der Waals surface area (Å²) >= 11 is 0. The van der Waals surface area contributed by atoms with E-state index in [-0.39, 0.29) is 0 Å². The van der Waals surface area contributed by atoms with E-state index in [4.69, 9.17) is 0 Å². The Labute approximate surface area is 370 Å². The summed E-state index contributed by atoms with van der Waals surface area (Å²) in [6.07, 6.45) is 65.0. The molecule has 0 aromatic heterocycles. The maximum Gasteiger partial charge on any atom is 0.0583 e. The molecule has 62 heavy (non-hydrogen) atoms. The first-order valence-electron chi connectivity index (χ1n) is 24.2. The molecule has 2 heteroatoms. The van der Waals surface area contributed by atoms with Gasteiger partial charge in [0.15, 0.2) is 0 Å². The monoisotopic (exact) mass is 808 g/mol. The third-order valence-electron chi connectivity index (χ3n) is 16.2. The van der Waals surface area contributed by atoms with E-state index >= 15 is 0 Å². The van der Waals surface area contributed by atoms with Gasteiger partial charge in [0.05, 0.1) is 12.1 Å². The lowest BCUT2D eigenvalue weighted by Gasteiger charge is -2.41. The summed E-state index contributed by atoms with van der Waals surface area (Å²) in [4.78, 5) is 5.46. The zero-order valence-electron chi connectivity index (χ0n) is 36.1. The molecule has 1 saturated heterocycles. The Kier molecular flexibility index (Phi) is 10.00. The molecule has 0 N–H and O–H groups in total. The van der Waals surface area contributed by atoms with E-state index in [2.05, 4.69) is 192 Å². The van der Waals surface area contributed by atoms with Crippen molar-refractivity contribution < 1.29 is 0 Å². The van der Waals surface area contributed by atoms with E-state index in [1.807, 2.05) is 0 Å². The summed E-state index contributed by atoms with van der Waals surface area (Å²) in [6.45, 7) is 0. The Hall–Kier alpha value is -5.60. The van der Waals surface area contributed by atoms with Crippen molar-refractivity contribution in [2.45, 2.75) is 88.1 Å².